The van der Waals surface area contributed by atoms with Crippen molar-refractivity contribution in [1.82, 2.24) is 0 Å². The Hall–Kier alpha value is 0.960. The van der Waals surface area contributed by atoms with E-state index in [9.17, 15) is 0 Å². The first-order valence-electron chi connectivity index (χ1n) is 15.7. The molecule has 0 radical (unpaired) electrons. The summed E-state index contributed by atoms with van der Waals surface area (Å²) in [5, 5.41) is 0. The van der Waals surface area contributed by atoms with Crippen molar-refractivity contribution in [3.05, 3.63) is 0 Å². The van der Waals surface area contributed by atoms with E-state index in [0.717, 1.165) is 47.3 Å². The standard InChI is InChI=1S/C32H56Br2/c1-23-3-5-25(6-4-23)19-26-7-9-27(10-8-26)20-28-11-13-29(14-12-28)21-30-15-17-31(18-16-30)22-32(34)24(2)33/h23-32H,3-22H2,1-2H3/t23?,24-,25?,26?,27?,28?,29?,30?,31?,32+/m0/s1. The molecule has 0 aliphatic heterocycles. The molecular formula is C32H56Br2. The second-order valence-electron chi connectivity index (χ2n) is 13.9. The summed E-state index contributed by atoms with van der Waals surface area (Å²) in [5.74, 6) is 8.44. The Morgan fingerprint density at radius 3 is 1.03 bits per heavy atom. The van der Waals surface area contributed by atoms with Crippen LogP contribution in [0.4, 0.5) is 0 Å². The second-order valence-corrected chi connectivity index (χ2v) is 16.5. The molecule has 0 N–H and O–H groups in total. The maximum atomic E-state index is 3.89. The van der Waals surface area contributed by atoms with Gasteiger partial charge in [0.05, 0.1) is 0 Å². The summed E-state index contributed by atoms with van der Waals surface area (Å²) in [6.45, 7) is 4.75. The Labute approximate surface area is 230 Å². The van der Waals surface area contributed by atoms with E-state index in [1.54, 1.807) is 83.5 Å². The maximum Gasteiger partial charge on any atom is 0.0271 e. The smallest absolute Gasteiger partial charge is 0.0271 e. The van der Waals surface area contributed by atoms with Crippen molar-refractivity contribution in [3.63, 3.8) is 0 Å². The molecule has 0 amide bonds. The monoisotopic (exact) mass is 598 g/mol. The third kappa shape index (κ3) is 9.06. The van der Waals surface area contributed by atoms with Crippen LogP contribution in [0.3, 0.4) is 0 Å². The first-order valence-corrected chi connectivity index (χ1v) is 17.6. The van der Waals surface area contributed by atoms with Gasteiger partial charge in [-0.25, -0.2) is 0 Å². The van der Waals surface area contributed by atoms with Crippen LogP contribution in [0.15, 0.2) is 0 Å². The van der Waals surface area contributed by atoms with E-state index in [0.29, 0.717) is 9.65 Å². The van der Waals surface area contributed by atoms with E-state index < -0.39 is 0 Å². The molecule has 34 heavy (non-hydrogen) atoms. The van der Waals surface area contributed by atoms with Crippen molar-refractivity contribution in [2.24, 2.45) is 47.3 Å². The van der Waals surface area contributed by atoms with Crippen LogP contribution < -0.4 is 0 Å². The number of rotatable bonds is 9. The van der Waals surface area contributed by atoms with Gasteiger partial charge in [-0.05, 0) is 73.0 Å². The largest absolute Gasteiger partial charge is 0.0882 e. The van der Waals surface area contributed by atoms with Gasteiger partial charge >= 0.3 is 0 Å². The van der Waals surface area contributed by atoms with Gasteiger partial charge in [-0.1, -0.05) is 148 Å². The molecule has 4 saturated carbocycles. The molecule has 0 bridgehead atoms. The Morgan fingerprint density at radius 2 is 0.735 bits per heavy atom. The van der Waals surface area contributed by atoms with Gasteiger partial charge in [-0.3, -0.25) is 0 Å². The molecule has 2 heteroatoms. The molecule has 0 aromatic heterocycles. The summed E-state index contributed by atoms with van der Waals surface area (Å²) in [7, 11) is 0. The molecule has 4 aliphatic carbocycles. The van der Waals surface area contributed by atoms with Crippen LogP contribution in [-0.2, 0) is 0 Å². The van der Waals surface area contributed by atoms with Crippen molar-refractivity contribution in [2.45, 2.75) is 152 Å². The molecule has 0 unspecified atom stereocenters. The average molecular weight is 601 g/mol. The highest BCUT2D eigenvalue weighted by Gasteiger charge is 2.31. The van der Waals surface area contributed by atoms with E-state index in [2.05, 4.69) is 45.7 Å². The van der Waals surface area contributed by atoms with E-state index >= 15 is 0 Å². The number of hydrogen-bond donors (Lipinski definition) is 0. The predicted molar refractivity (Wildman–Crippen MR) is 157 cm³/mol. The molecule has 0 spiro atoms. The zero-order valence-electron chi connectivity index (χ0n) is 22.7. The second kappa shape index (κ2) is 14.2. The normalized spacial score (nSPS) is 41.6. The third-order valence-electron chi connectivity index (χ3n) is 11.1. The van der Waals surface area contributed by atoms with Gasteiger partial charge in [-0.15, -0.1) is 0 Å². The zero-order valence-corrected chi connectivity index (χ0v) is 25.8. The fourth-order valence-electron chi connectivity index (χ4n) is 8.59. The molecule has 0 saturated heterocycles. The summed E-state index contributed by atoms with van der Waals surface area (Å²) in [5.41, 5.74) is 0. The van der Waals surface area contributed by atoms with Gasteiger partial charge in [0.1, 0.15) is 0 Å². The van der Waals surface area contributed by atoms with Crippen molar-refractivity contribution in [2.75, 3.05) is 0 Å². The Bertz CT molecular complexity index is 541. The molecule has 0 heterocycles. The number of alkyl halides is 2. The topological polar surface area (TPSA) is 0 Å². The first kappa shape index (κ1) is 28.0. The molecule has 4 rings (SSSR count). The zero-order chi connectivity index (χ0) is 23.9. The molecule has 2 atom stereocenters. The highest BCUT2D eigenvalue weighted by Crippen LogP contribution is 2.44. The molecule has 0 aromatic rings. The third-order valence-corrected chi connectivity index (χ3v) is 13.6. The van der Waals surface area contributed by atoms with Crippen molar-refractivity contribution < 1.29 is 0 Å². The van der Waals surface area contributed by atoms with Gasteiger partial charge in [0.25, 0.3) is 0 Å². The quantitative estimate of drug-likeness (QED) is 0.231. The lowest BCUT2D eigenvalue weighted by atomic mass is 9.69. The lowest BCUT2D eigenvalue weighted by Crippen LogP contribution is -2.24. The molecule has 198 valence electrons. The van der Waals surface area contributed by atoms with Crippen molar-refractivity contribution in [3.8, 4) is 0 Å². The van der Waals surface area contributed by atoms with Gasteiger partial charge < -0.3 is 0 Å². The first-order chi connectivity index (χ1) is 16.4. The predicted octanol–water partition coefficient (Wildman–Crippen LogP) is 11.3. The van der Waals surface area contributed by atoms with Gasteiger partial charge in [0.2, 0.25) is 0 Å². The average Bonchev–Trinajstić information content (AvgIpc) is 2.84. The minimum atomic E-state index is 0.598. The van der Waals surface area contributed by atoms with Gasteiger partial charge in [0.15, 0.2) is 0 Å². The fraction of sp³-hybridized carbons (Fsp3) is 1.00. The van der Waals surface area contributed by atoms with E-state index in [4.69, 9.17) is 0 Å². The SMILES string of the molecule is CC1CCC(CC2CCC(CC3CCC(CC4CCC(C[C@@H](Br)[C@H](C)Br)CC4)CC3)CC2)CC1. The Morgan fingerprint density at radius 1 is 0.471 bits per heavy atom. The summed E-state index contributed by atoms with van der Waals surface area (Å²) in [4.78, 5) is 1.25. The summed E-state index contributed by atoms with van der Waals surface area (Å²) >= 11 is 7.65. The summed E-state index contributed by atoms with van der Waals surface area (Å²) in [6, 6.07) is 0. The Kier molecular flexibility index (Phi) is 11.7. The highest BCUT2D eigenvalue weighted by atomic mass is 79.9. The Balaban J connectivity index is 1.05. The minimum Gasteiger partial charge on any atom is -0.0882 e. The van der Waals surface area contributed by atoms with Crippen LogP contribution in [0.5, 0.6) is 0 Å². The maximum absolute atomic E-state index is 3.89. The van der Waals surface area contributed by atoms with Crippen molar-refractivity contribution in [1.29, 1.82) is 0 Å². The lowest BCUT2D eigenvalue weighted by Gasteiger charge is -2.37. The highest BCUT2D eigenvalue weighted by molar-refractivity contribution is 9.12. The lowest BCUT2D eigenvalue weighted by molar-refractivity contribution is 0.152. The number of hydrogen-bond acceptors (Lipinski definition) is 0. The molecule has 4 aliphatic rings. The summed E-state index contributed by atoms with van der Waals surface area (Å²) < 4.78 is 0. The molecule has 4 fully saturated rings. The minimum absolute atomic E-state index is 0.598. The van der Waals surface area contributed by atoms with Crippen molar-refractivity contribution >= 4 is 31.9 Å². The van der Waals surface area contributed by atoms with Crippen LogP contribution in [0.25, 0.3) is 0 Å². The molecule has 0 nitrogen and oxygen atoms in total. The van der Waals surface area contributed by atoms with Gasteiger partial charge in [0, 0.05) is 9.65 Å². The molecule has 0 aromatic carbocycles. The van der Waals surface area contributed by atoms with E-state index in [-0.39, 0.29) is 0 Å². The van der Waals surface area contributed by atoms with Crippen LogP contribution >= 0.6 is 31.9 Å². The van der Waals surface area contributed by atoms with Crippen LogP contribution in [0.1, 0.15) is 142 Å². The summed E-state index contributed by atoms with van der Waals surface area (Å²) in [6.07, 6.45) is 30.8. The van der Waals surface area contributed by atoms with Gasteiger partial charge in [-0.2, -0.15) is 0 Å². The molecular weight excluding hydrogens is 544 g/mol. The van der Waals surface area contributed by atoms with E-state index in [1.165, 1.54) is 44.9 Å². The van der Waals surface area contributed by atoms with E-state index in [1.807, 2.05) is 0 Å². The van der Waals surface area contributed by atoms with Crippen LogP contribution in [0, 0.1) is 47.3 Å². The number of halogens is 2. The fourth-order valence-corrected chi connectivity index (χ4v) is 9.34. The van der Waals surface area contributed by atoms with Crippen LogP contribution in [0.2, 0.25) is 0 Å². The van der Waals surface area contributed by atoms with Crippen LogP contribution in [-0.4, -0.2) is 9.65 Å².